The molecule has 1 fully saturated rings. The van der Waals surface area contributed by atoms with Gasteiger partial charge in [-0.2, -0.15) is 0 Å². The summed E-state index contributed by atoms with van der Waals surface area (Å²) in [6.45, 7) is 10.7. The number of likely N-dealkylation sites (tertiary alicyclic amines) is 1. The molecule has 1 aliphatic rings. The van der Waals surface area contributed by atoms with E-state index in [4.69, 9.17) is 4.74 Å². The van der Waals surface area contributed by atoms with Crippen molar-refractivity contribution in [2.75, 3.05) is 7.05 Å². The van der Waals surface area contributed by atoms with Crippen LogP contribution in [-0.4, -0.2) is 39.0 Å². The zero-order valence-electron chi connectivity index (χ0n) is 11.7. The molecule has 1 saturated heterocycles. The minimum atomic E-state index is -0.0910. The van der Waals surface area contributed by atoms with E-state index in [1.54, 1.807) is 0 Å². The van der Waals surface area contributed by atoms with Crippen molar-refractivity contribution in [1.29, 1.82) is 0 Å². The Kier molecular flexibility index (Phi) is 4.51. The van der Waals surface area contributed by atoms with E-state index in [1.165, 1.54) is 0 Å². The highest BCUT2D eigenvalue weighted by molar-refractivity contribution is 14.1. The van der Waals surface area contributed by atoms with Gasteiger partial charge in [0, 0.05) is 23.9 Å². The molecular formula is C13H24INO2. The molecule has 1 unspecified atom stereocenters. The van der Waals surface area contributed by atoms with Crippen LogP contribution >= 0.6 is 22.6 Å². The van der Waals surface area contributed by atoms with E-state index < -0.39 is 0 Å². The Morgan fingerprint density at radius 3 is 2.06 bits per heavy atom. The van der Waals surface area contributed by atoms with Gasteiger partial charge in [-0.05, 0) is 41.7 Å². The number of halogens is 1. The number of nitrogens with zero attached hydrogens (tertiary/aromatic N) is 1. The molecule has 0 bridgehead atoms. The summed E-state index contributed by atoms with van der Waals surface area (Å²) in [6, 6.07) is 0. The zero-order valence-corrected chi connectivity index (χ0v) is 13.9. The van der Waals surface area contributed by atoms with Crippen molar-refractivity contribution >= 4 is 28.6 Å². The molecule has 1 rings (SSSR count). The van der Waals surface area contributed by atoms with Crippen LogP contribution in [0, 0.1) is 0 Å². The predicted molar refractivity (Wildman–Crippen MR) is 78.5 cm³/mol. The first-order chi connectivity index (χ1) is 7.56. The maximum Gasteiger partial charge on any atom is 0.318 e. The van der Waals surface area contributed by atoms with Gasteiger partial charge < -0.3 is 4.74 Å². The van der Waals surface area contributed by atoms with Gasteiger partial charge in [0.05, 0.1) is 0 Å². The van der Waals surface area contributed by atoms with Crippen molar-refractivity contribution in [3.8, 4) is 0 Å². The standard InChI is InChI=1S/C13H24INO2/c1-9(14)11(16)17-10-7-12(2,3)15(6)13(4,5)8-10/h9-10H,7-8H2,1-6H3. The SMILES string of the molecule is CC(I)C(=O)OC1CC(C)(C)N(C)C(C)(C)C1. The van der Waals surface area contributed by atoms with Crippen molar-refractivity contribution < 1.29 is 9.53 Å². The van der Waals surface area contributed by atoms with Gasteiger partial charge in [0.15, 0.2) is 0 Å². The minimum Gasteiger partial charge on any atom is -0.461 e. The van der Waals surface area contributed by atoms with Crippen molar-refractivity contribution in [2.45, 2.75) is 68.6 Å². The van der Waals surface area contributed by atoms with E-state index in [1.807, 2.05) is 6.92 Å². The van der Waals surface area contributed by atoms with Crippen LogP contribution in [-0.2, 0) is 9.53 Å². The summed E-state index contributed by atoms with van der Waals surface area (Å²) in [6.07, 6.45) is 1.85. The van der Waals surface area contributed by atoms with Crippen molar-refractivity contribution in [2.24, 2.45) is 0 Å². The lowest BCUT2D eigenvalue weighted by atomic mass is 9.79. The predicted octanol–water partition coefficient (Wildman–Crippen LogP) is 3.00. The van der Waals surface area contributed by atoms with Gasteiger partial charge in [0.1, 0.15) is 10.0 Å². The van der Waals surface area contributed by atoms with E-state index in [2.05, 4.69) is 62.2 Å². The van der Waals surface area contributed by atoms with Gasteiger partial charge in [-0.1, -0.05) is 22.6 Å². The zero-order chi connectivity index (χ0) is 13.4. The molecule has 0 amide bonds. The van der Waals surface area contributed by atoms with Crippen molar-refractivity contribution in [3.05, 3.63) is 0 Å². The second kappa shape index (κ2) is 5.03. The van der Waals surface area contributed by atoms with Gasteiger partial charge in [0.25, 0.3) is 0 Å². The molecule has 1 heterocycles. The largest absolute Gasteiger partial charge is 0.461 e. The average molecular weight is 353 g/mol. The third kappa shape index (κ3) is 3.56. The lowest BCUT2D eigenvalue weighted by Crippen LogP contribution is -2.60. The number of hydrogen-bond donors (Lipinski definition) is 0. The average Bonchev–Trinajstić information content (AvgIpc) is 2.12. The highest BCUT2D eigenvalue weighted by Crippen LogP contribution is 2.38. The third-order valence-electron chi connectivity index (χ3n) is 3.88. The van der Waals surface area contributed by atoms with Crippen LogP contribution in [0.15, 0.2) is 0 Å². The summed E-state index contributed by atoms with van der Waals surface area (Å²) >= 11 is 2.10. The molecule has 1 aliphatic heterocycles. The number of alkyl halides is 1. The number of hydrogen-bond acceptors (Lipinski definition) is 3. The van der Waals surface area contributed by atoms with Crippen LogP contribution in [0.3, 0.4) is 0 Å². The van der Waals surface area contributed by atoms with E-state index in [-0.39, 0.29) is 27.1 Å². The van der Waals surface area contributed by atoms with Gasteiger partial charge in [0.2, 0.25) is 0 Å². The second-order valence-corrected chi connectivity index (χ2v) is 8.14. The molecular weight excluding hydrogens is 329 g/mol. The fourth-order valence-electron chi connectivity index (χ4n) is 2.62. The van der Waals surface area contributed by atoms with Crippen molar-refractivity contribution in [3.63, 3.8) is 0 Å². The number of piperidine rings is 1. The third-order valence-corrected chi connectivity index (χ3v) is 4.39. The molecule has 0 aromatic rings. The van der Waals surface area contributed by atoms with Crippen LogP contribution in [0.25, 0.3) is 0 Å². The van der Waals surface area contributed by atoms with Gasteiger partial charge in [-0.15, -0.1) is 0 Å². The first kappa shape index (κ1) is 15.2. The van der Waals surface area contributed by atoms with E-state index in [9.17, 15) is 4.79 Å². The number of rotatable bonds is 2. The fourth-order valence-corrected chi connectivity index (χ4v) is 2.77. The Balaban J connectivity index is 2.75. The molecule has 1 atom stereocenters. The summed E-state index contributed by atoms with van der Waals surface area (Å²) < 4.78 is 5.53. The lowest BCUT2D eigenvalue weighted by molar-refractivity contribution is -0.157. The topological polar surface area (TPSA) is 29.5 Å². The summed E-state index contributed by atoms with van der Waals surface area (Å²) in [7, 11) is 2.15. The van der Waals surface area contributed by atoms with Gasteiger partial charge in [-0.25, -0.2) is 0 Å². The Morgan fingerprint density at radius 1 is 1.29 bits per heavy atom. The first-order valence-electron chi connectivity index (χ1n) is 6.15. The first-order valence-corrected chi connectivity index (χ1v) is 7.39. The highest BCUT2D eigenvalue weighted by Gasteiger charge is 2.44. The summed E-state index contributed by atoms with van der Waals surface area (Å²) in [5, 5.41) is 0. The van der Waals surface area contributed by atoms with Crippen LogP contribution in [0.5, 0.6) is 0 Å². The molecule has 0 aromatic heterocycles. The van der Waals surface area contributed by atoms with Crippen molar-refractivity contribution in [1.82, 2.24) is 4.90 Å². The van der Waals surface area contributed by atoms with Gasteiger partial charge >= 0.3 is 5.97 Å². The smallest absolute Gasteiger partial charge is 0.318 e. The summed E-state index contributed by atoms with van der Waals surface area (Å²) in [5.41, 5.74) is 0.141. The Hall–Kier alpha value is 0.160. The lowest BCUT2D eigenvalue weighted by Gasteiger charge is -2.53. The maximum atomic E-state index is 11.7. The van der Waals surface area contributed by atoms with E-state index >= 15 is 0 Å². The number of carbonyl (C=O) groups is 1. The van der Waals surface area contributed by atoms with Crippen LogP contribution in [0.4, 0.5) is 0 Å². The molecule has 0 aromatic carbocycles. The van der Waals surface area contributed by atoms with E-state index in [0.29, 0.717) is 0 Å². The molecule has 0 spiro atoms. The monoisotopic (exact) mass is 353 g/mol. The Bertz CT molecular complexity index is 282. The van der Waals surface area contributed by atoms with Crippen LogP contribution < -0.4 is 0 Å². The molecule has 4 heteroatoms. The highest BCUT2D eigenvalue weighted by atomic mass is 127. The normalized spacial score (nSPS) is 26.5. The number of ether oxygens (including phenoxy) is 1. The molecule has 17 heavy (non-hydrogen) atoms. The molecule has 100 valence electrons. The Morgan fingerprint density at radius 2 is 1.71 bits per heavy atom. The molecule has 0 radical (unpaired) electrons. The van der Waals surface area contributed by atoms with Crippen LogP contribution in [0.2, 0.25) is 0 Å². The molecule has 0 N–H and O–H groups in total. The minimum absolute atomic E-state index is 0.0425. The quantitative estimate of drug-likeness (QED) is 0.434. The van der Waals surface area contributed by atoms with E-state index in [0.717, 1.165) is 12.8 Å². The maximum absolute atomic E-state index is 11.7. The number of esters is 1. The number of carbonyl (C=O) groups excluding carboxylic acids is 1. The Labute approximate surface area is 118 Å². The van der Waals surface area contributed by atoms with Gasteiger partial charge in [-0.3, -0.25) is 9.69 Å². The molecule has 3 nitrogen and oxygen atoms in total. The van der Waals surface area contributed by atoms with Crippen LogP contribution in [0.1, 0.15) is 47.5 Å². The summed E-state index contributed by atoms with van der Waals surface area (Å²) in [4.78, 5) is 14.1. The molecule has 0 aliphatic carbocycles. The second-order valence-electron chi connectivity index (χ2n) is 6.27. The summed E-state index contributed by atoms with van der Waals surface area (Å²) in [5.74, 6) is -0.0910. The molecule has 0 saturated carbocycles. The fraction of sp³-hybridized carbons (Fsp3) is 0.923.